The van der Waals surface area contributed by atoms with Crippen LogP contribution in [0.2, 0.25) is 0 Å². The summed E-state index contributed by atoms with van der Waals surface area (Å²) in [6, 6.07) is 0. The van der Waals surface area contributed by atoms with Gasteiger partial charge in [-0.05, 0) is 32.2 Å². The SMILES string of the molecule is CCC(CC)C(=O)CCCCCCN. The number of Topliss-reactive ketones (excluding diaryl/α,β-unsaturated/α-hetero) is 1. The molecule has 0 aliphatic rings. The summed E-state index contributed by atoms with van der Waals surface area (Å²) in [5.74, 6) is 0.771. The fourth-order valence-corrected chi connectivity index (χ4v) is 1.75. The molecule has 0 rings (SSSR count). The standard InChI is InChI=1S/C12H25NO/c1-3-11(4-2)12(14)9-7-5-6-8-10-13/h11H,3-10,13H2,1-2H3. The van der Waals surface area contributed by atoms with Crippen molar-refractivity contribution in [2.24, 2.45) is 11.7 Å². The first-order chi connectivity index (χ1) is 6.76. The summed E-state index contributed by atoms with van der Waals surface area (Å²) in [6.45, 7) is 4.97. The van der Waals surface area contributed by atoms with Crippen LogP contribution in [0.15, 0.2) is 0 Å². The maximum Gasteiger partial charge on any atom is 0.135 e. The van der Waals surface area contributed by atoms with E-state index in [0.717, 1.165) is 45.1 Å². The lowest BCUT2D eigenvalue weighted by Gasteiger charge is -2.10. The zero-order valence-electron chi connectivity index (χ0n) is 9.72. The van der Waals surface area contributed by atoms with E-state index in [1.165, 1.54) is 6.42 Å². The largest absolute Gasteiger partial charge is 0.330 e. The minimum absolute atomic E-state index is 0.310. The van der Waals surface area contributed by atoms with Crippen LogP contribution < -0.4 is 5.73 Å². The van der Waals surface area contributed by atoms with Gasteiger partial charge in [0, 0.05) is 12.3 Å². The summed E-state index contributed by atoms with van der Waals surface area (Å²) in [4.78, 5) is 11.6. The zero-order chi connectivity index (χ0) is 10.8. The Labute approximate surface area is 88.3 Å². The van der Waals surface area contributed by atoms with E-state index < -0.39 is 0 Å². The van der Waals surface area contributed by atoms with Crippen LogP contribution in [0.5, 0.6) is 0 Å². The third-order valence-electron chi connectivity index (χ3n) is 2.82. The predicted octanol–water partition coefficient (Wildman–Crippen LogP) is 2.90. The van der Waals surface area contributed by atoms with Gasteiger partial charge in [-0.3, -0.25) is 4.79 Å². The first-order valence-corrected chi connectivity index (χ1v) is 5.99. The maximum absolute atomic E-state index is 11.6. The first kappa shape index (κ1) is 13.6. The Morgan fingerprint density at radius 1 is 1.07 bits per heavy atom. The van der Waals surface area contributed by atoms with E-state index in [1.54, 1.807) is 0 Å². The Balaban J connectivity index is 3.43. The highest BCUT2D eigenvalue weighted by atomic mass is 16.1. The molecule has 0 bridgehead atoms. The van der Waals surface area contributed by atoms with E-state index >= 15 is 0 Å². The molecule has 2 heteroatoms. The van der Waals surface area contributed by atoms with Crippen LogP contribution in [-0.2, 0) is 4.79 Å². The molecule has 0 aliphatic heterocycles. The van der Waals surface area contributed by atoms with E-state index in [-0.39, 0.29) is 0 Å². The molecule has 0 aromatic carbocycles. The molecule has 2 nitrogen and oxygen atoms in total. The predicted molar refractivity (Wildman–Crippen MR) is 61.2 cm³/mol. The molecule has 0 fully saturated rings. The third-order valence-corrected chi connectivity index (χ3v) is 2.82. The van der Waals surface area contributed by atoms with Crippen LogP contribution in [0.25, 0.3) is 0 Å². The van der Waals surface area contributed by atoms with Crippen molar-refractivity contribution in [2.75, 3.05) is 6.54 Å². The molecule has 0 saturated heterocycles. The molecule has 0 spiro atoms. The van der Waals surface area contributed by atoms with Gasteiger partial charge in [0.15, 0.2) is 0 Å². The van der Waals surface area contributed by atoms with Crippen LogP contribution in [0.4, 0.5) is 0 Å². The molecule has 0 heterocycles. The average Bonchev–Trinajstić information content (AvgIpc) is 2.19. The monoisotopic (exact) mass is 199 g/mol. The Morgan fingerprint density at radius 2 is 1.64 bits per heavy atom. The minimum atomic E-state index is 0.310. The molecule has 14 heavy (non-hydrogen) atoms. The fourth-order valence-electron chi connectivity index (χ4n) is 1.75. The summed E-state index contributed by atoms with van der Waals surface area (Å²) in [7, 11) is 0. The second-order valence-corrected chi connectivity index (χ2v) is 3.93. The van der Waals surface area contributed by atoms with E-state index in [4.69, 9.17) is 5.73 Å². The Bertz CT molecular complexity index is 141. The first-order valence-electron chi connectivity index (χ1n) is 5.99. The Hall–Kier alpha value is -0.370. The average molecular weight is 199 g/mol. The number of hydrogen-bond acceptors (Lipinski definition) is 2. The van der Waals surface area contributed by atoms with Crippen molar-refractivity contribution in [1.29, 1.82) is 0 Å². The zero-order valence-corrected chi connectivity index (χ0v) is 9.72. The Morgan fingerprint density at radius 3 is 2.14 bits per heavy atom. The summed E-state index contributed by atoms with van der Waals surface area (Å²) >= 11 is 0. The minimum Gasteiger partial charge on any atom is -0.330 e. The van der Waals surface area contributed by atoms with Crippen molar-refractivity contribution in [3.63, 3.8) is 0 Å². The van der Waals surface area contributed by atoms with Gasteiger partial charge in [-0.2, -0.15) is 0 Å². The summed E-state index contributed by atoms with van der Waals surface area (Å²) in [5.41, 5.74) is 5.39. The van der Waals surface area contributed by atoms with E-state index in [1.807, 2.05) is 0 Å². The number of unbranched alkanes of at least 4 members (excludes halogenated alkanes) is 3. The molecule has 0 aromatic heterocycles. The number of carbonyl (C=O) groups is 1. The van der Waals surface area contributed by atoms with Crippen molar-refractivity contribution >= 4 is 5.78 Å². The van der Waals surface area contributed by atoms with Crippen LogP contribution >= 0.6 is 0 Å². The molecule has 2 N–H and O–H groups in total. The van der Waals surface area contributed by atoms with Gasteiger partial charge >= 0.3 is 0 Å². The van der Waals surface area contributed by atoms with Crippen molar-refractivity contribution in [2.45, 2.75) is 58.8 Å². The smallest absolute Gasteiger partial charge is 0.135 e. The topological polar surface area (TPSA) is 43.1 Å². The highest BCUT2D eigenvalue weighted by molar-refractivity contribution is 5.80. The number of carbonyl (C=O) groups excluding carboxylic acids is 1. The molecular weight excluding hydrogens is 174 g/mol. The quantitative estimate of drug-likeness (QED) is 0.580. The van der Waals surface area contributed by atoms with Gasteiger partial charge in [0.2, 0.25) is 0 Å². The van der Waals surface area contributed by atoms with Crippen molar-refractivity contribution in [1.82, 2.24) is 0 Å². The van der Waals surface area contributed by atoms with Gasteiger partial charge < -0.3 is 5.73 Å². The van der Waals surface area contributed by atoms with E-state index in [2.05, 4.69) is 13.8 Å². The van der Waals surface area contributed by atoms with Gasteiger partial charge in [-0.1, -0.05) is 26.7 Å². The van der Waals surface area contributed by atoms with Crippen molar-refractivity contribution in [3.8, 4) is 0 Å². The lowest BCUT2D eigenvalue weighted by atomic mass is 9.94. The van der Waals surface area contributed by atoms with Crippen LogP contribution in [0.3, 0.4) is 0 Å². The molecule has 0 saturated carbocycles. The van der Waals surface area contributed by atoms with Crippen molar-refractivity contribution < 1.29 is 4.79 Å². The second-order valence-electron chi connectivity index (χ2n) is 3.93. The normalized spacial score (nSPS) is 10.9. The number of ketones is 1. The Kier molecular flexibility index (Phi) is 8.95. The van der Waals surface area contributed by atoms with Crippen LogP contribution in [-0.4, -0.2) is 12.3 Å². The second kappa shape index (κ2) is 9.20. The highest BCUT2D eigenvalue weighted by Gasteiger charge is 2.12. The molecule has 0 aromatic rings. The van der Waals surface area contributed by atoms with Gasteiger partial charge in [0.25, 0.3) is 0 Å². The molecule has 0 aliphatic carbocycles. The summed E-state index contributed by atoms with van der Waals surface area (Å²) in [6.07, 6.45) is 7.25. The number of nitrogens with two attached hydrogens (primary N) is 1. The summed E-state index contributed by atoms with van der Waals surface area (Å²) in [5, 5.41) is 0. The molecule has 0 atom stereocenters. The van der Waals surface area contributed by atoms with Crippen molar-refractivity contribution in [3.05, 3.63) is 0 Å². The van der Waals surface area contributed by atoms with Crippen LogP contribution in [0.1, 0.15) is 58.8 Å². The fraction of sp³-hybridized carbons (Fsp3) is 0.917. The van der Waals surface area contributed by atoms with Gasteiger partial charge in [-0.25, -0.2) is 0 Å². The molecular formula is C12H25NO. The summed E-state index contributed by atoms with van der Waals surface area (Å²) < 4.78 is 0. The maximum atomic E-state index is 11.6. The number of hydrogen-bond donors (Lipinski definition) is 1. The molecule has 84 valence electrons. The van der Waals surface area contributed by atoms with E-state index in [0.29, 0.717) is 11.7 Å². The van der Waals surface area contributed by atoms with Gasteiger partial charge in [-0.15, -0.1) is 0 Å². The lowest BCUT2D eigenvalue weighted by molar-refractivity contribution is -0.123. The van der Waals surface area contributed by atoms with Gasteiger partial charge in [0.1, 0.15) is 5.78 Å². The molecule has 0 unspecified atom stereocenters. The van der Waals surface area contributed by atoms with E-state index in [9.17, 15) is 4.79 Å². The third kappa shape index (κ3) is 6.14. The van der Waals surface area contributed by atoms with Gasteiger partial charge in [0.05, 0.1) is 0 Å². The number of rotatable bonds is 9. The molecule has 0 radical (unpaired) electrons. The van der Waals surface area contributed by atoms with Crippen LogP contribution in [0, 0.1) is 5.92 Å². The lowest BCUT2D eigenvalue weighted by Crippen LogP contribution is -2.12. The highest BCUT2D eigenvalue weighted by Crippen LogP contribution is 2.13. The molecule has 0 amide bonds.